The maximum absolute atomic E-state index is 14.2. The second-order valence-corrected chi connectivity index (χ2v) is 12.5. The summed E-state index contributed by atoms with van der Waals surface area (Å²) in [5, 5.41) is 3.73. The number of hydrogen-bond acceptors (Lipinski definition) is 5. The van der Waals surface area contributed by atoms with Gasteiger partial charge in [0.25, 0.3) is 0 Å². The number of nitrogens with zero attached hydrogens (tertiary/aromatic N) is 2. The molecule has 0 saturated heterocycles. The standard InChI is InChI=1S/C30H35Cl2N3O5S/c1-5-21(2)33-30(37)27(17-22-11-7-6-8-12-22)34(19-23-15-16-24(31)18-25(23)32)29(36)20-35(41(4,38)39)26-13-9-10-14-28(26)40-3/h6-16,18,21,27H,5,17,19-20H2,1-4H3,(H,33,37)/t21-,27-/m1/s1. The highest BCUT2D eigenvalue weighted by Gasteiger charge is 2.34. The Morgan fingerprint density at radius 1 is 1.00 bits per heavy atom. The van der Waals surface area contributed by atoms with Crippen LogP contribution in [0.5, 0.6) is 5.75 Å². The molecule has 0 aliphatic carbocycles. The van der Waals surface area contributed by atoms with Crippen LogP contribution in [0.4, 0.5) is 5.69 Å². The molecule has 0 aliphatic rings. The monoisotopic (exact) mass is 619 g/mol. The second-order valence-electron chi connectivity index (χ2n) is 9.72. The lowest BCUT2D eigenvalue weighted by Gasteiger charge is -2.34. The van der Waals surface area contributed by atoms with E-state index < -0.39 is 28.5 Å². The Bertz CT molecular complexity index is 1450. The van der Waals surface area contributed by atoms with Crippen LogP contribution in [-0.2, 0) is 32.6 Å². The topological polar surface area (TPSA) is 96.0 Å². The Morgan fingerprint density at radius 2 is 1.66 bits per heavy atom. The first kappa shape index (κ1) is 32.2. The molecule has 0 saturated carbocycles. The number of ether oxygens (including phenoxy) is 1. The summed E-state index contributed by atoms with van der Waals surface area (Å²) in [4.78, 5) is 29.3. The third-order valence-electron chi connectivity index (χ3n) is 6.66. The van der Waals surface area contributed by atoms with Gasteiger partial charge in [0.05, 0.1) is 19.1 Å². The minimum Gasteiger partial charge on any atom is -0.495 e. The van der Waals surface area contributed by atoms with Crippen LogP contribution in [0.25, 0.3) is 0 Å². The minimum atomic E-state index is -3.93. The third kappa shape index (κ3) is 8.86. The number of nitrogens with one attached hydrogen (secondary N) is 1. The van der Waals surface area contributed by atoms with Crippen LogP contribution >= 0.6 is 23.2 Å². The highest BCUT2D eigenvalue weighted by atomic mass is 35.5. The molecule has 1 N–H and O–H groups in total. The predicted molar refractivity (Wildman–Crippen MR) is 164 cm³/mol. The summed E-state index contributed by atoms with van der Waals surface area (Å²) in [6.07, 6.45) is 1.91. The Kier molecular flexibility index (Phi) is 11.5. The molecule has 0 unspecified atom stereocenters. The van der Waals surface area contributed by atoms with Crippen molar-refractivity contribution in [1.29, 1.82) is 0 Å². The van der Waals surface area contributed by atoms with Crippen LogP contribution < -0.4 is 14.4 Å². The van der Waals surface area contributed by atoms with Gasteiger partial charge in [-0.25, -0.2) is 8.42 Å². The number of methoxy groups -OCH3 is 1. The van der Waals surface area contributed by atoms with E-state index in [1.165, 1.54) is 12.0 Å². The predicted octanol–water partition coefficient (Wildman–Crippen LogP) is 5.32. The molecule has 8 nitrogen and oxygen atoms in total. The molecule has 11 heteroatoms. The van der Waals surface area contributed by atoms with Crippen LogP contribution in [-0.4, -0.2) is 57.1 Å². The van der Waals surface area contributed by atoms with Gasteiger partial charge in [0.1, 0.15) is 18.3 Å². The van der Waals surface area contributed by atoms with E-state index in [9.17, 15) is 18.0 Å². The van der Waals surface area contributed by atoms with Crippen LogP contribution in [0, 0.1) is 0 Å². The highest BCUT2D eigenvalue weighted by molar-refractivity contribution is 7.92. The fourth-order valence-corrected chi connectivity index (χ4v) is 5.58. The normalized spacial score (nSPS) is 12.7. The minimum absolute atomic E-state index is 0.0518. The largest absolute Gasteiger partial charge is 0.495 e. The van der Waals surface area contributed by atoms with E-state index in [4.69, 9.17) is 27.9 Å². The Labute approximate surface area is 252 Å². The summed E-state index contributed by atoms with van der Waals surface area (Å²) in [6, 6.07) is 19.6. The van der Waals surface area contributed by atoms with Gasteiger partial charge in [-0.3, -0.25) is 13.9 Å². The van der Waals surface area contributed by atoms with E-state index in [0.717, 1.165) is 16.1 Å². The van der Waals surface area contributed by atoms with Crippen molar-refractivity contribution >= 4 is 50.7 Å². The third-order valence-corrected chi connectivity index (χ3v) is 8.37. The van der Waals surface area contributed by atoms with E-state index in [0.29, 0.717) is 22.0 Å². The maximum atomic E-state index is 14.2. The number of halogens is 2. The SMILES string of the molecule is CC[C@@H](C)NC(=O)[C@@H](Cc1ccccc1)N(Cc1ccc(Cl)cc1Cl)C(=O)CN(c1ccccc1OC)S(C)(=O)=O. The molecule has 0 spiro atoms. The molecule has 0 aliphatic heterocycles. The van der Waals surface area contributed by atoms with Gasteiger partial charge in [0.15, 0.2) is 0 Å². The van der Waals surface area contributed by atoms with Crippen molar-refractivity contribution in [2.24, 2.45) is 0 Å². The number of para-hydroxylation sites is 2. The molecule has 0 aromatic heterocycles. The number of hydrogen-bond donors (Lipinski definition) is 1. The molecule has 41 heavy (non-hydrogen) atoms. The number of carbonyl (C=O) groups is 2. The molecule has 3 aromatic rings. The van der Waals surface area contributed by atoms with Crippen molar-refractivity contribution in [2.45, 2.75) is 45.3 Å². The number of sulfonamides is 1. The van der Waals surface area contributed by atoms with Crippen molar-refractivity contribution in [3.8, 4) is 5.75 Å². The van der Waals surface area contributed by atoms with E-state index >= 15 is 0 Å². The van der Waals surface area contributed by atoms with Crippen molar-refractivity contribution in [1.82, 2.24) is 10.2 Å². The zero-order valence-electron chi connectivity index (χ0n) is 23.5. The Balaban J connectivity index is 2.11. The van der Waals surface area contributed by atoms with Gasteiger partial charge in [0.2, 0.25) is 21.8 Å². The number of rotatable bonds is 13. The molecule has 2 atom stereocenters. The molecular weight excluding hydrogens is 585 g/mol. The van der Waals surface area contributed by atoms with E-state index in [1.54, 1.807) is 42.5 Å². The zero-order valence-corrected chi connectivity index (χ0v) is 25.8. The average Bonchev–Trinajstić information content (AvgIpc) is 2.94. The van der Waals surface area contributed by atoms with Gasteiger partial charge < -0.3 is 15.0 Å². The second kappa shape index (κ2) is 14.6. The fourth-order valence-electron chi connectivity index (χ4n) is 4.26. The summed E-state index contributed by atoms with van der Waals surface area (Å²) < 4.78 is 32.3. The van der Waals surface area contributed by atoms with Crippen molar-refractivity contribution in [2.75, 3.05) is 24.2 Å². The quantitative estimate of drug-likeness (QED) is 0.279. The number of benzene rings is 3. The Morgan fingerprint density at radius 3 is 2.27 bits per heavy atom. The fraction of sp³-hybridized carbons (Fsp3) is 0.333. The smallest absolute Gasteiger partial charge is 0.244 e. The zero-order chi connectivity index (χ0) is 30.2. The molecule has 0 radical (unpaired) electrons. The number of amides is 2. The first-order valence-corrected chi connectivity index (χ1v) is 15.7. The van der Waals surface area contributed by atoms with E-state index in [-0.39, 0.29) is 36.4 Å². The van der Waals surface area contributed by atoms with Crippen molar-refractivity contribution in [3.63, 3.8) is 0 Å². The molecule has 2 amide bonds. The van der Waals surface area contributed by atoms with Gasteiger partial charge in [-0.15, -0.1) is 0 Å². The molecule has 220 valence electrons. The van der Waals surface area contributed by atoms with Crippen molar-refractivity contribution in [3.05, 3.63) is 94.0 Å². The van der Waals surface area contributed by atoms with Gasteiger partial charge in [0, 0.05) is 29.1 Å². The number of anilines is 1. The van der Waals surface area contributed by atoms with Crippen LogP contribution in [0.1, 0.15) is 31.4 Å². The summed E-state index contributed by atoms with van der Waals surface area (Å²) in [6.45, 7) is 3.22. The van der Waals surface area contributed by atoms with E-state index in [1.807, 2.05) is 44.2 Å². The molecule has 0 bridgehead atoms. The summed E-state index contributed by atoms with van der Waals surface area (Å²) >= 11 is 12.6. The van der Waals surface area contributed by atoms with Gasteiger partial charge in [-0.2, -0.15) is 0 Å². The highest BCUT2D eigenvalue weighted by Crippen LogP contribution is 2.30. The lowest BCUT2D eigenvalue weighted by Crippen LogP contribution is -2.54. The maximum Gasteiger partial charge on any atom is 0.244 e. The molecule has 0 fully saturated rings. The molecular formula is C30H35Cl2N3O5S. The summed E-state index contributed by atoms with van der Waals surface area (Å²) in [5.41, 5.74) is 1.60. The Hall–Kier alpha value is -3.27. The van der Waals surface area contributed by atoms with Crippen LogP contribution in [0.2, 0.25) is 10.0 Å². The van der Waals surface area contributed by atoms with Gasteiger partial charge in [-0.05, 0) is 48.7 Å². The summed E-state index contributed by atoms with van der Waals surface area (Å²) in [7, 11) is -2.51. The molecule has 0 heterocycles. The van der Waals surface area contributed by atoms with Gasteiger partial charge in [-0.1, -0.05) is 78.7 Å². The lowest BCUT2D eigenvalue weighted by atomic mass is 10.0. The first-order valence-electron chi connectivity index (χ1n) is 13.1. The van der Waals surface area contributed by atoms with Crippen molar-refractivity contribution < 1.29 is 22.7 Å². The average molecular weight is 621 g/mol. The first-order chi connectivity index (χ1) is 19.4. The molecule has 3 rings (SSSR count). The lowest BCUT2D eigenvalue weighted by molar-refractivity contribution is -0.140. The van der Waals surface area contributed by atoms with Crippen LogP contribution in [0.3, 0.4) is 0 Å². The molecule has 3 aromatic carbocycles. The number of carbonyl (C=O) groups excluding carboxylic acids is 2. The van der Waals surface area contributed by atoms with Gasteiger partial charge >= 0.3 is 0 Å². The van der Waals surface area contributed by atoms with E-state index in [2.05, 4.69) is 5.32 Å². The van der Waals surface area contributed by atoms with Crippen LogP contribution in [0.15, 0.2) is 72.8 Å². The summed E-state index contributed by atoms with van der Waals surface area (Å²) in [5.74, 6) is -0.661.